The van der Waals surface area contributed by atoms with Crippen molar-refractivity contribution in [1.82, 2.24) is 18.8 Å². The van der Waals surface area contributed by atoms with Gasteiger partial charge in [-0.1, -0.05) is 18.6 Å². The maximum absolute atomic E-state index is 13.0. The topological polar surface area (TPSA) is 73.0 Å². The first-order valence-electron chi connectivity index (χ1n) is 11.4. The van der Waals surface area contributed by atoms with Gasteiger partial charge < -0.3 is 10.2 Å². The van der Waals surface area contributed by atoms with Crippen LogP contribution in [0.2, 0.25) is 0 Å². The van der Waals surface area contributed by atoms with E-state index >= 15 is 0 Å². The average Bonchev–Trinajstić information content (AvgIpc) is 3.15. The van der Waals surface area contributed by atoms with E-state index in [1.807, 2.05) is 17.0 Å². The molecule has 166 valence electrons. The number of nitrogens with zero attached hydrogens (tertiary/aromatic N) is 3. The van der Waals surface area contributed by atoms with E-state index in [0.717, 1.165) is 38.8 Å². The molecule has 1 unspecified atom stereocenters. The zero-order valence-corrected chi connectivity index (χ0v) is 18.6. The lowest BCUT2D eigenvalue weighted by atomic mass is 9.98. The Morgan fingerprint density at radius 3 is 2.30 bits per heavy atom. The number of hydrogen-bond donors (Lipinski definition) is 1. The van der Waals surface area contributed by atoms with Crippen molar-refractivity contribution in [3.05, 3.63) is 35.4 Å². The van der Waals surface area contributed by atoms with Crippen molar-refractivity contribution in [2.75, 3.05) is 52.4 Å². The third-order valence-electron chi connectivity index (χ3n) is 6.60. The number of hydrogen-bond acceptors (Lipinski definition) is 4. The van der Waals surface area contributed by atoms with Gasteiger partial charge in [0, 0.05) is 44.8 Å². The predicted octanol–water partition coefficient (Wildman–Crippen LogP) is 1.72. The van der Waals surface area contributed by atoms with E-state index in [1.54, 1.807) is 8.61 Å². The highest BCUT2D eigenvalue weighted by Crippen LogP contribution is 2.20. The fourth-order valence-electron chi connectivity index (χ4n) is 4.77. The minimum Gasteiger partial charge on any atom is -0.337 e. The van der Waals surface area contributed by atoms with E-state index in [2.05, 4.69) is 17.4 Å². The van der Waals surface area contributed by atoms with Crippen LogP contribution in [0.1, 0.15) is 48.0 Å². The summed E-state index contributed by atoms with van der Waals surface area (Å²) in [5.41, 5.74) is 1.96. The highest BCUT2D eigenvalue weighted by atomic mass is 32.2. The summed E-state index contributed by atoms with van der Waals surface area (Å²) in [5, 5.41) is 3.40. The summed E-state index contributed by atoms with van der Waals surface area (Å²) in [4.78, 5) is 14.8. The van der Waals surface area contributed by atoms with Crippen LogP contribution >= 0.6 is 0 Å². The lowest BCUT2D eigenvalue weighted by molar-refractivity contribution is 0.0764. The molecule has 0 radical (unpaired) electrons. The molecular weight excluding hydrogens is 400 g/mol. The highest BCUT2D eigenvalue weighted by molar-refractivity contribution is 7.86. The summed E-state index contributed by atoms with van der Waals surface area (Å²) < 4.78 is 29.1. The number of nitrogens with one attached hydrogen (secondary N) is 1. The Morgan fingerprint density at radius 1 is 0.900 bits per heavy atom. The Bertz CT molecular complexity index is 815. The maximum Gasteiger partial charge on any atom is 0.282 e. The lowest BCUT2D eigenvalue weighted by Gasteiger charge is -2.31. The van der Waals surface area contributed by atoms with Gasteiger partial charge in [0.05, 0.1) is 0 Å². The monoisotopic (exact) mass is 434 g/mol. The maximum atomic E-state index is 13.0. The van der Waals surface area contributed by atoms with Crippen LogP contribution < -0.4 is 5.32 Å². The number of piperidine rings is 1. The van der Waals surface area contributed by atoms with Crippen LogP contribution in [0.25, 0.3) is 0 Å². The molecule has 1 atom stereocenters. The van der Waals surface area contributed by atoms with Gasteiger partial charge in [0.1, 0.15) is 0 Å². The van der Waals surface area contributed by atoms with Crippen LogP contribution in [-0.2, 0) is 16.6 Å². The number of benzene rings is 1. The van der Waals surface area contributed by atoms with Crippen LogP contribution in [0.15, 0.2) is 24.3 Å². The average molecular weight is 435 g/mol. The molecular formula is C22H34N4O3S. The summed E-state index contributed by atoms with van der Waals surface area (Å²) in [5.74, 6) is 0.686. The van der Waals surface area contributed by atoms with Gasteiger partial charge in [-0.25, -0.2) is 0 Å². The molecule has 3 saturated heterocycles. The Balaban J connectivity index is 1.35. The molecule has 1 aromatic carbocycles. The molecule has 0 spiro atoms. The molecule has 3 aliphatic heterocycles. The molecule has 3 fully saturated rings. The zero-order valence-electron chi connectivity index (χ0n) is 17.8. The molecule has 1 aromatic rings. The second-order valence-corrected chi connectivity index (χ2v) is 10.7. The van der Waals surface area contributed by atoms with Crippen LogP contribution in [-0.4, -0.2) is 80.2 Å². The first-order chi connectivity index (χ1) is 14.5. The molecule has 0 aliphatic carbocycles. The van der Waals surface area contributed by atoms with Gasteiger partial charge >= 0.3 is 0 Å². The number of amides is 1. The van der Waals surface area contributed by atoms with Crippen molar-refractivity contribution in [2.24, 2.45) is 5.92 Å². The quantitative estimate of drug-likeness (QED) is 0.766. The van der Waals surface area contributed by atoms with Gasteiger partial charge in [-0.2, -0.15) is 17.0 Å². The molecule has 1 amide bonds. The van der Waals surface area contributed by atoms with Crippen molar-refractivity contribution < 1.29 is 13.2 Å². The number of rotatable bonds is 5. The van der Waals surface area contributed by atoms with E-state index in [1.165, 1.54) is 12.0 Å². The van der Waals surface area contributed by atoms with E-state index in [0.29, 0.717) is 57.2 Å². The van der Waals surface area contributed by atoms with E-state index in [4.69, 9.17) is 0 Å². The summed E-state index contributed by atoms with van der Waals surface area (Å²) in [7, 11) is -3.42. The minimum absolute atomic E-state index is 0.00121. The summed E-state index contributed by atoms with van der Waals surface area (Å²) in [6.07, 6.45) is 5.91. The van der Waals surface area contributed by atoms with Crippen LogP contribution in [0, 0.1) is 5.92 Å². The largest absolute Gasteiger partial charge is 0.337 e. The molecule has 1 N–H and O–H groups in total. The first-order valence-corrected chi connectivity index (χ1v) is 12.8. The Morgan fingerprint density at radius 2 is 1.60 bits per heavy atom. The molecule has 0 bridgehead atoms. The lowest BCUT2D eigenvalue weighted by Crippen LogP contribution is -2.47. The van der Waals surface area contributed by atoms with Gasteiger partial charge in [-0.05, 0) is 68.8 Å². The molecule has 4 rings (SSSR count). The molecule has 0 saturated carbocycles. The van der Waals surface area contributed by atoms with E-state index < -0.39 is 10.2 Å². The molecule has 0 aromatic heterocycles. The van der Waals surface area contributed by atoms with Crippen LogP contribution in [0.4, 0.5) is 0 Å². The first kappa shape index (κ1) is 21.7. The van der Waals surface area contributed by atoms with Gasteiger partial charge in [-0.15, -0.1) is 0 Å². The van der Waals surface area contributed by atoms with Crippen LogP contribution in [0.5, 0.6) is 0 Å². The molecule has 30 heavy (non-hydrogen) atoms. The third kappa shape index (κ3) is 5.04. The van der Waals surface area contributed by atoms with Gasteiger partial charge in [0.25, 0.3) is 16.1 Å². The van der Waals surface area contributed by atoms with Gasteiger partial charge in [0.15, 0.2) is 0 Å². The predicted molar refractivity (Wildman–Crippen MR) is 118 cm³/mol. The van der Waals surface area contributed by atoms with Crippen molar-refractivity contribution in [3.8, 4) is 0 Å². The van der Waals surface area contributed by atoms with Crippen LogP contribution in [0.3, 0.4) is 0 Å². The Hall–Kier alpha value is -1.48. The SMILES string of the molecule is O=C(c1ccc(CC2CCNC2)cc1)N1CCCN(S(=O)(=O)N2CCCCC2)CC1. The molecule has 3 aliphatic rings. The van der Waals surface area contributed by atoms with Gasteiger partial charge in [-0.3, -0.25) is 4.79 Å². The second-order valence-electron chi connectivity index (χ2n) is 8.77. The zero-order chi connectivity index (χ0) is 21.0. The van der Waals surface area contributed by atoms with Crippen molar-refractivity contribution >= 4 is 16.1 Å². The fourth-order valence-corrected chi connectivity index (χ4v) is 6.49. The van der Waals surface area contributed by atoms with Gasteiger partial charge in [0.2, 0.25) is 0 Å². The number of carbonyl (C=O) groups excluding carboxylic acids is 1. The Kier molecular flexibility index (Phi) is 7.08. The third-order valence-corrected chi connectivity index (χ3v) is 8.63. The van der Waals surface area contributed by atoms with E-state index in [-0.39, 0.29) is 5.91 Å². The second kappa shape index (κ2) is 9.77. The van der Waals surface area contributed by atoms with Crippen molar-refractivity contribution in [1.29, 1.82) is 0 Å². The normalized spacial score (nSPS) is 24.7. The van der Waals surface area contributed by atoms with Crippen molar-refractivity contribution in [3.63, 3.8) is 0 Å². The molecule has 7 nitrogen and oxygen atoms in total. The van der Waals surface area contributed by atoms with Crippen molar-refractivity contribution in [2.45, 2.75) is 38.5 Å². The van der Waals surface area contributed by atoms with E-state index in [9.17, 15) is 13.2 Å². The fraction of sp³-hybridized carbons (Fsp3) is 0.682. The summed E-state index contributed by atoms with van der Waals surface area (Å²) in [6, 6.07) is 7.98. The summed E-state index contributed by atoms with van der Waals surface area (Å²) in [6.45, 7) is 5.30. The smallest absolute Gasteiger partial charge is 0.282 e. The number of carbonyl (C=O) groups is 1. The Labute approximate surface area is 180 Å². The minimum atomic E-state index is -3.42. The highest BCUT2D eigenvalue weighted by Gasteiger charge is 2.32. The molecule has 8 heteroatoms. The molecule has 3 heterocycles. The summed E-state index contributed by atoms with van der Waals surface area (Å²) >= 11 is 0. The standard InChI is InChI=1S/C22H34N4O3S/c27-22(21-7-5-19(6-8-21)17-20-9-10-23-18-20)24-11-4-14-26(16-15-24)30(28,29)25-12-2-1-3-13-25/h5-8,20,23H,1-4,9-18H2.